The van der Waals surface area contributed by atoms with Crippen LogP contribution in [0.5, 0.6) is 0 Å². The van der Waals surface area contributed by atoms with Gasteiger partial charge in [-0.05, 0) is 24.6 Å². The number of hydrogen-bond acceptors (Lipinski definition) is 1. The third kappa shape index (κ3) is 3.13. The maximum Gasteiger partial charge on any atom is 0.126 e. The Hall–Kier alpha value is -0.700. The molecule has 1 nitrogen and oxygen atoms in total. The van der Waals surface area contributed by atoms with Crippen molar-refractivity contribution in [1.29, 1.82) is 0 Å². The molecule has 0 N–H and O–H groups in total. The molecule has 0 bridgehead atoms. The standard InChI is InChI=1S/C9H9BrFN/c10-5-2-1-3-9-7-8(11)4-6-12-9/h1,3-4,6-7H,2,5H2. The maximum absolute atomic E-state index is 12.6. The van der Waals surface area contributed by atoms with E-state index in [9.17, 15) is 4.39 Å². The van der Waals surface area contributed by atoms with E-state index < -0.39 is 0 Å². The molecule has 3 heteroatoms. The van der Waals surface area contributed by atoms with E-state index in [2.05, 4.69) is 20.9 Å². The summed E-state index contributed by atoms with van der Waals surface area (Å²) < 4.78 is 12.6. The first-order valence-corrected chi connectivity index (χ1v) is 4.79. The smallest absolute Gasteiger partial charge is 0.126 e. The summed E-state index contributed by atoms with van der Waals surface area (Å²) in [6.45, 7) is 0. The molecule has 0 aliphatic heterocycles. The Kier molecular flexibility index (Phi) is 3.94. The molecule has 0 amide bonds. The average Bonchev–Trinajstić information content (AvgIpc) is 2.05. The minimum atomic E-state index is -0.247. The molecule has 1 aromatic heterocycles. The molecule has 0 fully saturated rings. The topological polar surface area (TPSA) is 12.9 Å². The summed E-state index contributed by atoms with van der Waals surface area (Å²) in [5, 5.41) is 0.915. The molecule has 12 heavy (non-hydrogen) atoms. The number of halogens is 2. The molecule has 0 aliphatic rings. The summed E-state index contributed by atoms with van der Waals surface area (Å²) in [6, 6.07) is 2.74. The van der Waals surface area contributed by atoms with Crippen LogP contribution in [0.3, 0.4) is 0 Å². The van der Waals surface area contributed by atoms with Crippen molar-refractivity contribution in [2.45, 2.75) is 6.42 Å². The molecule has 0 atom stereocenters. The molecule has 0 saturated carbocycles. The molecule has 0 saturated heterocycles. The van der Waals surface area contributed by atoms with Crippen molar-refractivity contribution in [3.05, 3.63) is 35.9 Å². The summed E-state index contributed by atoms with van der Waals surface area (Å²) in [7, 11) is 0. The monoisotopic (exact) mass is 229 g/mol. The molecule has 0 aromatic carbocycles. The van der Waals surface area contributed by atoms with E-state index in [1.807, 2.05) is 12.2 Å². The highest BCUT2D eigenvalue weighted by atomic mass is 79.9. The van der Waals surface area contributed by atoms with Gasteiger partial charge >= 0.3 is 0 Å². The van der Waals surface area contributed by atoms with Crippen LogP contribution in [-0.2, 0) is 0 Å². The van der Waals surface area contributed by atoms with Gasteiger partial charge in [0.25, 0.3) is 0 Å². The Morgan fingerprint density at radius 2 is 2.42 bits per heavy atom. The zero-order valence-electron chi connectivity index (χ0n) is 6.50. The first kappa shape index (κ1) is 9.39. The fourth-order valence-electron chi connectivity index (χ4n) is 0.779. The van der Waals surface area contributed by atoms with E-state index in [0.717, 1.165) is 11.8 Å². The largest absolute Gasteiger partial charge is 0.257 e. The van der Waals surface area contributed by atoms with E-state index in [-0.39, 0.29) is 5.82 Å². The van der Waals surface area contributed by atoms with Gasteiger partial charge in [0.2, 0.25) is 0 Å². The zero-order valence-corrected chi connectivity index (χ0v) is 8.09. The number of rotatable bonds is 3. The second kappa shape index (κ2) is 5.04. The molecule has 0 unspecified atom stereocenters. The molecular weight excluding hydrogens is 221 g/mol. The van der Waals surface area contributed by atoms with Gasteiger partial charge in [0.15, 0.2) is 0 Å². The van der Waals surface area contributed by atoms with Gasteiger partial charge in [0.05, 0.1) is 5.69 Å². The van der Waals surface area contributed by atoms with Crippen LogP contribution in [0.4, 0.5) is 4.39 Å². The quantitative estimate of drug-likeness (QED) is 0.727. The summed E-state index contributed by atoms with van der Waals surface area (Å²) in [5.74, 6) is -0.247. The van der Waals surface area contributed by atoms with E-state index in [1.54, 1.807) is 0 Å². The molecule has 1 heterocycles. The number of aromatic nitrogens is 1. The second-order valence-electron chi connectivity index (χ2n) is 2.28. The Morgan fingerprint density at radius 3 is 3.08 bits per heavy atom. The minimum absolute atomic E-state index is 0.247. The average molecular weight is 230 g/mol. The van der Waals surface area contributed by atoms with Crippen molar-refractivity contribution < 1.29 is 4.39 Å². The molecule has 1 rings (SSSR count). The summed E-state index contributed by atoms with van der Waals surface area (Å²) in [5.41, 5.74) is 0.663. The molecule has 64 valence electrons. The van der Waals surface area contributed by atoms with Crippen LogP contribution < -0.4 is 0 Å². The van der Waals surface area contributed by atoms with Gasteiger partial charge < -0.3 is 0 Å². The first-order valence-electron chi connectivity index (χ1n) is 3.67. The predicted molar refractivity (Wildman–Crippen MR) is 51.6 cm³/mol. The van der Waals surface area contributed by atoms with E-state index in [1.165, 1.54) is 18.3 Å². The van der Waals surface area contributed by atoms with Crippen molar-refractivity contribution in [1.82, 2.24) is 4.98 Å². The SMILES string of the molecule is Fc1ccnc(C=CCCBr)c1. The third-order valence-electron chi connectivity index (χ3n) is 1.31. The van der Waals surface area contributed by atoms with Gasteiger partial charge in [-0.1, -0.05) is 22.0 Å². The van der Waals surface area contributed by atoms with Crippen molar-refractivity contribution in [2.75, 3.05) is 5.33 Å². The Morgan fingerprint density at radius 1 is 1.58 bits per heavy atom. The molecule has 0 aliphatic carbocycles. The maximum atomic E-state index is 12.6. The molecule has 0 radical (unpaired) electrons. The number of nitrogens with zero attached hydrogens (tertiary/aromatic N) is 1. The van der Waals surface area contributed by atoms with Gasteiger partial charge in [0.1, 0.15) is 5.82 Å². The number of alkyl halides is 1. The fraction of sp³-hybridized carbons (Fsp3) is 0.222. The minimum Gasteiger partial charge on any atom is -0.257 e. The van der Waals surface area contributed by atoms with Gasteiger partial charge in [-0.2, -0.15) is 0 Å². The highest BCUT2D eigenvalue weighted by Crippen LogP contribution is 2.02. The van der Waals surface area contributed by atoms with Gasteiger partial charge in [-0.25, -0.2) is 4.39 Å². The van der Waals surface area contributed by atoms with Crippen LogP contribution in [0.15, 0.2) is 24.4 Å². The number of hydrogen-bond donors (Lipinski definition) is 0. The Bertz CT molecular complexity index is 273. The van der Waals surface area contributed by atoms with Gasteiger partial charge in [-0.3, -0.25) is 4.98 Å². The van der Waals surface area contributed by atoms with Gasteiger partial charge in [0, 0.05) is 11.5 Å². The van der Waals surface area contributed by atoms with Crippen molar-refractivity contribution in [2.24, 2.45) is 0 Å². The van der Waals surface area contributed by atoms with Gasteiger partial charge in [-0.15, -0.1) is 0 Å². The normalized spacial score (nSPS) is 10.8. The van der Waals surface area contributed by atoms with Crippen molar-refractivity contribution >= 4 is 22.0 Å². The van der Waals surface area contributed by atoms with Crippen LogP contribution in [0.25, 0.3) is 6.08 Å². The second-order valence-corrected chi connectivity index (χ2v) is 3.07. The number of allylic oxidation sites excluding steroid dienone is 1. The highest BCUT2D eigenvalue weighted by molar-refractivity contribution is 9.09. The molecule has 1 aromatic rings. The Balaban J connectivity index is 2.63. The summed E-state index contributed by atoms with van der Waals surface area (Å²) in [6.07, 6.45) is 6.15. The van der Waals surface area contributed by atoms with E-state index in [0.29, 0.717) is 5.69 Å². The molecular formula is C9H9BrFN. The Labute approximate surface area is 79.5 Å². The highest BCUT2D eigenvalue weighted by Gasteiger charge is 1.90. The predicted octanol–water partition coefficient (Wildman–Crippen LogP) is 3.02. The summed E-state index contributed by atoms with van der Waals surface area (Å²) in [4.78, 5) is 3.97. The van der Waals surface area contributed by atoms with E-state index in [4.69, 9.17) is 0 Å². The lowest BCUT2D eigenvalue weighted by molar-refractivity contribution is 0.625. The van der Waals surface area contributed by atoms with Crippen LogP contribution in [0.2, 0.25) is 0 Å². The van der Waals surface area contributed by atoms with Crippen molar-refractivity contribution in [3.8, 4) is 0 Å². The van der Waals surface area contributed by atoms with Crippen LogP contribution in [0, 0.1) is 5.82 Å². The lowest BCUT2D eigenvalue weighted by Gasteiger charge is -1.91. The molecule has 0 spiro atoms. The summed E-state index contributed by atoms with van der Waals surface area (Å²) >= 11 is 3.29. The number of pyridine rings is 1. The van der Waals surface area contributed by atoms with Crippen molar-refractivity contribution in [3.63, 3.8) is 0 Å². The van der Waals surface area contributed by atoms with Crippen LogP contribution in [0.1, 0.15) is 12.1 Å². The lowest BCUT2D eigenvalue weighted by atomic mass is 10.3. The zero-order chi connectivity index (χ0) is 8.81. The fourth-order valence-corrected chi connectivity index (χ4v) is 1.04. The lowest BCUT2D eigenvalue weighted by Crippen LogP contribution is -1.81. The van der Waals surface area contributed by atoms with Crippen LogP contribution >= 0.6 is 15.9 Å². The van der Waals surface area contributed by atoms with Crippen LogP contribution in [-0.4, -0.2) is 10.3 Å². The van der Waals surface area contributed by atoms with E-state index >= 15 is 0 Å². The first-order chi connectivity index (χ1) is 5.83. The third-order valence-corrected chi connectivity index (χ3v) is 1.77.